The molecule has 1 atom stereocenters. The number of ether oxygens (including phenoxy) is 2. The molecule has 1 aliphatic heterocycles. The molecule has 2 amide bonds. The van der Waals surface area contributed by atoms with Crippen molar-refractivity contribution >= 4 is 35.2 Å². The van der Waals surface area contributed by atoms with Crippen molar-refractivity contribution in [3.8, 4) is 5.75 Å². The number of aromatic nitrogens is 4. The molecule has 0 saturated carbocycles. The molecular formula is C16H19ClN6O4S. The number of amides is 2. The number of nitrogens with zero attached hydrogens (tertiary/aromatic N) is 4. The van der Waals surface area contributed by atoms with Gasteiger partial charge in [-0.15, -0.1) is 5.10 Å². The molecule has 2 N–H and O–H groups in total. The molecular weight excluding hydrogens is 408 g/mol. The smallest absolute Gasteiger partial charge is 0.273 e. The molecule has 2 heterocycles. The van der Waals surface area contributed by atoms with Gasteiger partial charge in [0.05, 0.1) is 31.1 Å². The monoisotopic (exact) mass is 426 g/mol. The summed E-state index contributed by atoms with van der Waals surface area (Å²) >= 11 is 7.07. The summed E-state index contributed by atoms with van der Waals surface area (Å²) in [6.07, 6.45) is 2.07. The number of hydrazine groups is 1. The average Bonchev–Trinajstić information content (AvgIpc) is 3.37. The summed E-state index contributed by atoms with van der Waals surface area (Å²) in [6, 6.07) is 4.63. The van der Waals surface area contributed by atoms with Crippen molar-refractivity contribution in [1.29, 1.82) is 0 Å². The fourth-order valence-electron chi connectivity index (χ4n) is 2.61. The van der Waals surface area contributed by atoms with Crippen LogP contribution in [0.15, 0.2) is 23.4 Å². The van der Waals surface area contributed by atoms with Gasteiger partial charge in [0.2, 0.25) is 11.1 Å². The number of benzene rings is 1. The third kappa shape index (κ3) is 5.33. The maximum Gasteiger partial charge on any atom is 0.273 e. The highest BCUT2D eigenvalue weighted by Gasteiger charge is 2.19. The Morgan fingerprint density at radius 2 is 2.29 bits per heavy atom. The van der Waals surface area contributed by atoms with Crippen LogP contribution in [-0.4, -0.2) is 57.6 Å². The SMILES string of the molecule is COc1ccc(Cl)cc1C(=O)NNC(=O)CSc1nnnn1CC1CCCO1. The van der Waals surface area contributed by atoms with E-state index >= 15 is 0 Å². The molecule has 0 aliphatic carbocycles. The minimum atomic E-state index is -0.541. The number of nitrogens with one attached hydrogen (secondary N) is 2. The fraction of sp³-hybridized carbons (Fsp3) is 0.438. The van der Waals surface area contributed by atoms with E-state index in [0.29, 0.717) is 22.5 Å². The first kappa shape index (κ1) is 20.4. The van der Waals surface area contributed by atoms with Crippen LogP contribution < -0.4 is 15.6 Å². The molecule has 12 heteroatoms. The van der Waals surface area contributed by atoms with Crippen LogP contribution in [0.4, 0.5) is 0 Å². The zero-order chi connectivity index (χ0) is 19.9. The zero-order valence-corrected chi connectivity index (χ0v) is 16.6. The van der Waals surface area contributed by atoms with Gasteiger partial charge in [-0.2, -0.15) is 0 Å². The Morgan fingerprint density at radius 1 is 1.43 bits per heavy atom. The number of carbonyl (C=O) groups excluding carboxylic acids is 2. The van der Waals surface area contributed by atoms with Gasteiger partial charge in [0.1, 0.15) is 5.75 Å². The summed E-state index contributed by atoms with van der Waals surface area (Å²) in [5, 5.41) is 12.4. The molecule has 0 spiro atoms. The Kier molecular flexibility index (Phi) is 7.06. The van der Waals surface area contributed by atoms with Gasteiger partial charge in [0.25, 0.3) is 5.91 Å². The number of rotatable bonds is 7. The van der Waals surface area contributed by atoms with E-state index in [4.69, 9.17) is 21.1 Å². The van der Waals surface area contributed by atoms with Gasteiger partial charge in [0, 0.05) is 11.6 Å². The first-order valence-electron chi connectivity index (χ1n) is 8.50. The van der Waals surface area contributed by atoms with Crippen molar-refractivity contribution in [3.05, 3.63) is 28.8 Å². The lowest BCUT2D eigenvalue weighted by Crippen LogP contribution is -2.42. The third-order valence-corrected chi connectivity index (χ3v) is 5.15. The van der Waals surface area contributed by atoms with Gasteiger partial charge in [-0.3, -0.25) is 20.4 Å². The highest BCUT2D eigenvalue weighted by atomic mass is 35.5. The molecule has 0 bridgehead atoms. The number of hydrogen-bond acceptors (Lipinski definition) is 8. The van der Waals surface area contributed by atoms with Gasteiger partial charge < -0.3 is 9.47 Å². The lowest BCUT2D eigenvalue weighted by molar-refractivity contribution is -0.119. The molecule has 150 valence electrons. The molecule has 1 unspecified atom stereocenters. The van der Waals surface area contributed by atoms with Crippen molar-refractivity contribution < 1.29 is 19.1 Å². The van der Waals surface area contributed by atoms with Crippen LogP contribution in [0.1, 0.15) is 23.2 Å². The van der Waals surface area contributed by atoms with Crippen LogP contribution >= 0.6 is 23.4 Å². The second-order valence-electron chi connectivity index (χ2n) is 5.91. The minimum Gasteiger partial charge on any atom is -0.496 e. The molecule has 1 fully saturated rings. The van der Waals surface area contributed by atoms with Crippen molar-refractivity contribution in [1.82, 2.24) is 31.1 Å². The van der Waals surface area contributed by atoms with Crippen LogP contribution in [0.2, 0.25) is 5.02 Å². The zero-order valence-electron chi connectivity index (χ0n) is 15.1. The minimum absolute atomic E-state index is 0.0266. The molecule has 3 rings (SSSR count). The second-order valence-corrected chi connectivity index (χ2v) is 7.29. The lowest BCUT2D eigenvalue weighted by atomic mass is 10.2. The van der Waals surface area contributed by atoms with Crippen molar-refractivity contribution in [2.45, 2.75) is 30.6 Å². The van der Waals surface area contributed by atoms with Crippen LogP contribution in [-0.2, 0) is 16.1 Å². The topological polar surface area (TPSA) is 120 Å². The quantitative estimate of drug-likeness (QED) is 0.498. The average molecular weight is 427 g/mol. The summed E-state index contributed by atoms with van der Waals surface area (Å²) in [4.78, 5) is 24.3. The van der Waals surface area contributed by atoms with Gasteiger partial charge in [0.15, 0.2) is 0 Å². The number of methoxy groups -OCH3 is 1. The van der Waals surface area contributed by atoms with E-state index in [1.54, 1.807) is 16.8 Å². The van der Waals surface area contributed by atoms with E-state index in [9.17, 15) is 9.59 Å². The molecule has 2 aromatic rings. The first-order chi connectivity index (χ1) is 13.6. The molecule has 1 aromatic carbocycles. The van der Waals surface area contributed by atoms with Crippen molar-refractivity contribution in [2.75, 3.05) is 19.5 Å². The van der Waals surface area contributed by atoms with E-state index in [1.807, 2.05) is 0 Å². The summed E-state index contributed by atoms with van der Waals surface area (Å²) in [6.45, 7) is 1.29. The molecule has 0 radical (unpaired) electrons. The van der Waals surface area contributed by atoms with Crippen molar-refractivity contribution in [3.63, 3.8) is 0 Å². The Morgan fingerprint density at radius 3 is 3.04 bits per heavy atom. The van der Waals surface area contributed by atoms with E-state index < -0.39 is 11.8 Å². The van der Waals surface area contributed by atoms with E-state index in [1.165, 1.54) is 13.2 Å². The van der Waals surface area contributed by atoms with Crippen LogP contribution in [0.5, 0.6) is 5.75 Å². The van der Waals surface area contributed by atoms with Gasteiger partial charge in [-0.1, -0.05) is 23.4 Å². The normalized spacial score (nSPS) is 16.0. The summed E-state index contributed by atoms with van der Waals surface area (Å²) in [5.74, 6) is -0.579. The third-order valence-electron chi connectivity index (χ3n) is 3.95. The second kappa shape index (κ2) is 9.71. The van der Waals surface area contributed by atoms with Gasteiger partial charge in [-0.05, 0) is 41.5 Å². The molecule has 1 saturated heterocycles. The first-order valence-corrected chi connectivity index (χ1v) is 9.86. The maximum atomic E-state index is 12.2. The highest BCUT2D eigenvalue weighted by molar-refractivity contribution is 7.99. The lowest BCUT2D eigenvalue weighted by Gasteiger charge is -2.11. The maximum absolute atomic E-state index is 12.2. The molecule has 10 nitrogen and oxygen atoms in total. The van der Waals surface area contributed by atoms with Gasteiger partial charge >= 0.3 is 0 Å². The standard InChI is InChI=1S/C16H19ClN6O4S/c1-26-13-5-4-10(17)7-12(13)15(25)19-18-14(24)9-28-16-20-21-22-23(16)8-11-3-2-6-27-11/h4-5,7,11H,2-3,6,8-9H2,1H3,(H,18,24)(H,19,25). The molecule has 1 aromatic heterocycles. The molecule has 28 heavy (non-hydrogen) atoms. The Labute approximate surface area is 170 Å². The predicted octanol–water partition coefficient (Wildman–Crippen LogP) is 1.07. The summed E-state index contributed by atoms with van der Waals surface area (Å²) in [5.41, 5.74) is 4.89. The number of thioether (sulfide) groups is 1. The number of tetrazole rings is 1. The largest absolute Gasteiger partial charge is 0.496 e. The predicted molar refractivity (Wildman–Crippen MR) is 101 cm³/mol. The van der Waals surface area contributed by atoms with Crippen LogP contribution in [0.25, 0.3) is 0 Å². The molecule has 1 aliphatic rings. The summed E-state index contributed by atoms with van der Waals surface area (Å²) < 4.78 is 12.3. The Hall–Kier alpha value is -2.37. The van der Waals surface area contributed by atoms with Crippen LogP contribution in [0.3, 0.4) is 0 Å². The Balaban J connectivity index is 1.48. The fourth-order valence-corrected chi connectivity index (χ4v) is 3.47. The number of halogens is 1. The number of hydrogen-bond donors (Lipinski definition) is 2. The Bertz CT molecular complexity index is 842. The van der Waals surface area contributed by atoms with E-state index in [0.717, 1.165) is 31.2 Å². The van der Waals surface area contributed by atoms with Crippen LogP contribution in [0, 0.1) is 0 Å². The van der Waals surface area contributed by atoms with E-state index in [2.05, 4.69) is 26.4 Å². The highest BCUT2D eigenvalue weighted by Crippen LogP contribution is 2.22. The van der Waals surface area contributed by atoms with Gasteiger partial charge in [-0.25, -0.2) is 4.68 Å². The summed E-state index contributed by atoms with van der Waals surface area (Å²) in [7, 11) is 1.44. The number of carbonyl (C=O) groups is 2. The van der Waals surface area contributed by atoms with Crippen molar-refractivity contribution in [2.24, 2.45) is 0 Å². The van der Waals surface area contributed by atoms with E-state index in [-0.39, 0.29) is 17.4 Å².